The van der Waals surface area contributed by atoms with Crippen LogP contribution in [0.25, 0.3) is 0 Å². The van der Waals surface area contributed by atoms with Gasteiger partial charge in [-0.25, -0.2) is 0 Å². The van der Waals surface area contributed by atoms with Gasteiger partial charge in [-0.15, -0.1) is 11.6 Å². The molecule has 0 saturated carbocycles. The van der Waals surface area contributed by atoms with Gasteiger partial charge in [-0.3, -0.25) is 4.79 Å². The number of rotatable bonds is 5. The highest BCUT2D eigenvalue weighted by Gasteiger charge is 2.12. The first-order valence-corrected chi connectivity index (χ1v) is 7.02. The number of amides is 1. The Morgan fingerprint density at radius 2 is 2.24 bits per heavy atom. The highest BCUT2D eigenvalue weighted by Crippen LogP contribution is 2.20. The normalized spacial score (nSPS) is 12.2. The van der Waals surface area contributed by atoms with Crippen molar-refractivity contribution in [1.82, 2.24) is 5.32 Å². The second kappa shape index (κ2) is 7.24. The Balaban J connectivity index is 2.61. The van der Waals surface area contributed by atoms with E-state index in [4.69, 9.17) is 23.2 Å². The monoisotopic (exact) mass is 337 g/mol. The fourth-order valence-corrected chi connectivity index (χ4v) is 2.25. The van der Waals surface area contributed by atoms with Crippen molar-refractivity contribution in [2.45, 2.75) is 25.1 Å². The molecular formula is C12H14BrCl2NO. The fraction of sp³-hybridized carbons (Fsp3) is 0.417. The quantitative estimate of drug-likeness (QED) is 0.799. The summed E-state index contributed by atoms with van der Waals surface area (Å²) in [7, 11) is 0. The van der Waals surface area contributed by atoms with Gasteiger partial charge in [0.1, 0.15) is 0 Å². The zero-order chi connectivity index (χ0) is 12.8. The summed E-state index contributed by atoms with van der Waals surface area (Å²) in [4.78, 5) is 11.9. The third-order valence-electron chi connectivity index (χ3n) is 2.26. The molecule has 1 rings (SSSR count). The molecule has 0 heterocycles. The van der Waals surface area contributed by atoms with Crippen LogP contribution < -0.4 is 5.32 Å². The first kappa shape index (κ1) is 14.8. The van der Waals surface area contributed by atoms with Crippen LogP contribution in [-0.4, -0.2) is 17.8 Å². The second-order valence-electron chi connectivity index (χ2n) is 3.72. The lowest BCUT2D eigenvalue weighted by molar-refractivity contribution is 0.0953. The average Bonchev–Trinajstić information content (AvgIpc) is 2.29. The minimum atomic E-state index is -0.196. The standard InChI is InChI=1S/C12H14BrCl2NO/c1-2-3-9(14)7-16-12(17)10-6-8(13)4-5-11(10)15/h4-6,9H,2-3,7H2,1H3,(H,16,17). The van der Waals surface area contributed by atoms with Crippen LogP contribution in [-0.2, 0) is 0 Å². The lowest BCUT2D eigenvalue weighted by Crippen LogP contribution is -2.29. The molecule has 1 atom stereocenters. The van der Waals surface area contributed by atoms with E-state index in [-0.39, 0.29) is 11.3 Å². The average molecular weight is 339 g/mol. The van der Waals surface area contributed by atoms with Gasteiger partial charge in [0.15, 0.2) is 0 Å². The molecule has 17 heavy (non-hydrogen) atoms. The van der Waals surface area contributed by atoms with Gasteiger partial charge in [0.2, 0.25) is 0 Å². The first-order chi connectivity index (χ1) is 8.04. The maximum atomic E-state index is 11.9. The van der Waals surface area contributed by atoms with E-state index in [1.807, 2.05) is 0 Å². The van der Waals surface area contributed by atoms with Gasteiger partial charge >= 0.3 is 0 Å². The SMILES string of the molecule is CCCC(Cl)CNC(=O)c1cc(Br)ccc1Cl. The molecule has 1 amide bonds. The number of hydrogen-bond donors (Lipinski definition) is 1. The highest BCUT2D eigenvalue weighted by atomic mass is 79.9. The number of carbonyl (C=O) groups is 1. The number of halogens is 3. The van der Waals surface area contributed by atoms with Crippen molar-refractivity contribution < 1.29 is 4.79 Å². The molecule has 0 fully saturated rings. The lowest BCUT2D eigenvalue weighted by atomic mass is 10.2. The van der Waals surface area contributed by atoms with Gasteiger partial charge in [-0.05, 0) is 24.6 Å². The number of hydrogen-bond acceptors (Lipinski definition) is 1. The molecule has 0 aliphatic rings. The van der Waals surface area contributed by atoms with Gasteiger partial charge in [0.25, 0.3) is 5.91 Å². The zero-order valence-electron chi connectivity index (χ0n) is 9.47. The smallest absolute Gasteiger partial charge is 0.252 e. The molecule has 0 aliphatic carbocycles. The first-order valence-electron chi connectivity index (χ1n) is 5.42. The van der Waals surface area contributed by atoms with E-state index >= 15 is 0 Å². The van der Waals surface area contributed by atoms with Crippen molar-refractivity contribution in [1.29, 1.82) is 0 Å². The third kappa shape index (κ3) is 4.86. The third-order valence-corrected chi connectivity index (χ3v) is 3.45. The summed E-state index contributed by atoms with van der Waals surface area (Å²) < 4.78 is 0.822. The fourth-order valence-electron chi connectivity index (χ4n) is 1.39. The molecule has 1 aromatic carbocycles. The van der Waals surface area contributed by atoms with Crippen LogP contribution >= 0.6 is 39.1 Å². The van der Waals surface area contributed by atoms with Crippen LogP contribution in [0, 0.1) is 0 Å². The van der Waals surface area contributed by atoms with Crippen molar-refractivity contribution in [2.75, 3.05) is 6.54 Å². The molecular weight excluding hydrogens is 325 g/mol. The van der Waals surface area contributed by atoms with E-state index in [0.717, 1.165) is 17.3 Å². The number of benzene rings is 1. The lowest BCUT2D eigenvalue weighted by Gasteiger charge is -2.10. The minimum absolute atomic E-state index is 0.0325. The maximum absolute atomic E-state index is 11.9. The summed E-state index contributed by atoms with van der Waals surface area (Å²) in [5.41, 5.74) is 0.460. The Hall–Kier alpha value is -0.250. The van der Waals surface area contributed by atoms with E-state index < -0.39 is 0 Å². The topological polar surface area (TPSA) is 29.1 Å². The van der Waals surface area contributed by atoms with Crippen LogP contribution in [0.15, 0.2) is 22.7 Å². The summed E-state index contributed by atoms with van der Waals surface area (Å²) in [5, 5.41) is 3.18. The molecule has 5 heteroatoms. The van der Waals surface area contributed by atoms with E-state index in [1.54, 1.807) is 18.2 Å². The van der Waals surface area contributed by atoms with Crippen LogP contribution in [0.5, 0.6) is 0 Å². The second-order valence-corrected chi connectivity index (χ2v) is 5.66. The molecule has 94 valence electrons. The molecule has 0 saturated heterocycles. The van der Waals surface area contributed by atoms with Crippen LogP contribution in [0.4, 0.5) is 0 Å². The van der Waals surface area contributed by atoms with Gasteiger partial charge in [0, 0.05) is 11.0 Å². The van der Waals surface area contributed by atoms with Gasteiger partial charge < -0.3 is 5.32 Å². The predicted octanol–water partition coefficient (Wildman–Crippen LogP) is 4.24. The van der Waals surface area contributed by atoms with E-state index in [2.05, 4.69) is 28.2 Å². The largest absolute Gasteiger partial charge is 0.351 e. The summed E-state index contributed by atoms with van der Waals surface area (Å²) >= 11 is 15.3. The van der Waals surface area contributed by atoms with Crippen molar-refractivity contribution in [2.24, 2.45) is 0 Å². The van der Waals surface area contributed by atoms with Gasteiger partial charge in [-0.1, -0.05) is 40.9 Å². The minimum Gasteiger partial charge on any atom is -0.351 e. The van der Waals surface area contributed by atoms with Crippen LogP contribution in [0.3, 0.4) is 0 Å². The van der Waals surface area contributed by atoms with Crippen molar-refractivity contribution >= 4 is 45.0 Å². The number of nitrogens with one attached hydrogen (secondary N) is 1. The Morgan fingerprint density at radius 3 is 2.88 bits per heavy atom. The van der Waals surface area contributed by atoms with Crippen molar-refractivity contribution in [3.05, 3.63) is 33.3 Å². The van der Waals surface area contributed by atoms with Crippen molar-refractivity contribution in [3.8, 4) is 0 Å². The van der Waals surface area contributed by atoms with Gasteiger partial charge in [0.05, 0.1) is 16.0 Å². The van der Waals surface area contributed by atoms with Crippen LogP contribution in [0.2, 0.25) is 5.02 Å². The predicted molar refractivity (Wildman–Crippen MR) is 76.0 cm³/mol. The maximum Gasteiger partial charge on any atom is 0.252 e. The number of alkyl halides is 1. The Morgan fingerprint density at radius 1 is 1.53 bits per heavy atom. The zero-order valence-corrected chi connectivity index (χ0v) is 12.6. The molecule has 1 aromatic rings. The molecule has 0 radical (unpaired) electrons. The summed E-state index contributed by atoms with van der Waals surface area (Å²) in [6, 6.07) is 5.17. The Labute approximate surface area is 120 Å². The van der Waals surface area contributed by atoms with E-state index in [9.17, 15) is 4.79 Å². The van der Waals surface area contributed by atoms with Gasteiger partial charge in [-0.2, -0.15) is 0 Å². The summed E-state index contributed by atoms with van der Waals surface area (Å²) in [6.07, 6.45) is 1.88. The molecule has 1 unspecified atom stereocenters. The Kier molecular flexibility index (Phi) is 6.31. The van der Waals surface area contributed by atoms with Crippen LogP contribution in [0.1, 0.15) is 30.1 Å². The highest BCUT2D eigenvalue weighted by molar-refractivity contribution is 9.10. The Bertz CT molecular complexity index is 398. The molecule has 0 bridgehead atoms. The summed E-state index contributed by atoms with van der Waals surface area (Å²) in [5.74, 6) is -0.196. The molecule has 0 aliphatic heterocycles. The molecule has 0 spiro atoms. The molecule has 2 nitrogen and oxygen atoms in total. The van der Waals surface area contributed by atoms with E-state index in [0.29, 0.717) is 17.1 Å². The number of carbonyl (C=O) groups excluding carboxylic acids is 1. The molecule has 0 aromatic heterocycles. The molecule has 1 N–H and O–H groups in total. The summed E-state index contributed by atoms with van der Waals surface area (Å²) in [6.45, 7) is 2.51. The van der Waals surface area contributed by atoms with E-state index in [1.165, 1.54) is 0 Å². The van der Waals surface area contributed by atoms with Crippen molar-refractivity contribution in [3.63, 3.8) is 0 Å².